The number of carbonyl (C=O) groups is 1. The van der Waals surface area contributed by atoms with Crippen molar-refractivity contribution in [1.82, 2.24) is 5.32 Å². The van der Waals surface area contributed by atoms with Gasteiger partial charge in [-0.15, -0.1) is 0 Å². The fraction of sp³-hybridized carbons (Fsp3) is 0.562. The molecule has 0 spiro atoms. The summed E-state index contributed by atoms with van der Waals surface area (Å²) in [5.41, 5.74) is 6.89. The monoisotopic (exact) mass is 276 g/mol. The molecule has 4 heteroatoms. The van der Waals surface area contributed by atoms with E-state index in [0.29, 0.717) is 17.0 Å². The molecule has 110 valence electrons. The maximum atomic E-state index is 12.2. The summed E-state index contributed by atoms with van der Waals surface area (Å²) in [4.78, 5) is 12.2. The van der Waals surface area contributed by atoms with Gasteiger partial charge < -0.3 is 15.8 Å². The van der Waals surface area contributed by atoms with Gasteiger partial charge in [0.2, 0.25) is 0 Å². The number of ether oxygens (including phenoxy) is 1. The molecule has 1 aromatic carbocycles. The first-order valence-electron chi connectivity index (χ1n) is 7.34. The van der Waals surface area contributed by atoms with Crippen LogP contribution in [-0.2, 0) is 0 Å². The molecule has 1 unspecified atom stereocenters. The van der Waals surface area contributed by atoms with Gasteiger partial charge in [-0.1, -0.05) is 25.7 Å². The van der Waals surface area contributed by atoms with Gasteiger partial charge in [-0.05, 0) is 37.5 Å². The quantitative estimate of drug-likeness (QED) is 0.813. The topological polar surface area (TPSA) is 64.3 Å². The average molecular weight is 276 g/mol. The molecule has 0 aliphatic heterocycles. The van der Waals surface area contributed by atoms with Gasteiger partial charge in [-0.2, -0.15) is 0 Å². The fourth-order valence-corrected chi connectivity index (χ4v) is 2.96. The molecule has 2 rings (SSSR count). The second-order valence-corrected chi connectivity index (χ2v) is 5.72. The zero-order valence-electron chi connectivity index (χ0n) is 12.3. The molecule has 0 aromatic heterocycles. The van der Waals surface area contributed by atoms with E-state index in [1.807, 2.05) is 0 Å². The van der Waals surface area contributed by atoms with Crippen molar-refractivity contribution < 1.29 is 9.53 Å². The van der Waals surface area contributed by atoms with Crippen LogP contribution >= 0.6 is 0 Å². The number of nitrogen functional groups attached to an aromatic ring is 1. The van der Waals surface area contributed by atoms with Gasteiger partial charge in [0.15, 0.2) is 0 Å². The first kappa shape index (κ1) is 14.7. The van der Waals surface area contributed by atoms with E-state index in [9.17, 15) is 4.79 Å². The van der Waals surface area contributed by atoms with Crippen LogP contribution in [0.3, 0.4) is 0 Å². The molecule has 1 aliphatic rings. The molecule has 0 saturated heterocycles. The number of benzene rings is 1. The maximum absolute atomic E-state index is 12.2. The van der Waals surface area contributed by atoms with Gasteiger partial charge in [0.25, 0.3) is 5.91 Å². The van der Waals surface area contributed by atoms with Gasteiger partial charge in [0.05, 0.1) is 12.8 Å². The maximum Gasteiger partial charge on any atom is 0.251 e. The van der Waals surface area contributed by atoms with Crippen molar-refractivity contribution in [3.8, 4) is 5.75 Å². The normalized spacial score (nSPS) is 16.9. The lowest BCUT2D eigenvalue weighted by atomic mass is 9.99. The number of nitrogens with two attached hydrogens (primary N) is 1. The SMILES string of the molecule is COc1cc(C(=O)NC(C)CC2CCCC2)ccc1N. The molecular formula is C16H24N2O2. The van der Waals surface area contributed by atoms with E-state index in [1.54, 1.807) is 25.3 Å². The summed E-state index contributed by atoms with van der Waals surface area (Å²) in [6.45, 7) is 2.07. The van der Waals surface area contributed by atoms with Crippen LogP contribution in [0.4, 0.5) is 5.69 Å². The Morgan fingerprint density at radius 3 is 2.80 bits per heavy atom. The Morgan fingerprint density at radius 1 is 1.45 bits per heavy atom. The number of methoxy groups -OCH3 is 1. The summed E-state index contributed by atoms with van der Waals surface area (Å²) >= 11 is 0. The first-order chi connectivity index (χ1) is 9.60. The van der Waals surface area contributed by atoms with E-state index in [4.69, 9.17) is 10.5 Å². The lowest BCUT2D eigenvalue weighted by molar-refractivity contribution is 0.0935. The van der Waals surface area contributed by atoms with Crippen LogP contribution in [0.1, 0.15) is 49.4 Å². The summed E-state index contributed by atoms with van der Waals surface area (Å²) in [6, 6.07) is 5.33. The summed E-state index contributed by atoms with van der Waals surface area (Å²) in [5, 5.41) is 3.06. The van der Waals surface area contributed by atoms with Crippen LogP contribution in [0, 0.1) is 5.92 Å². The molecular weight excluding hydrogens is 252 g/mol. The number of carbonyl (C=O) groups excluding carboxylic acids is 1. The summed E-state index contributed by atoms with van der Waals surface area (Å²) in [5.74, 6) is 1.25. The van der Waals surface area contributed by atoms with E-state index < -0.39 is 0 Å². The number of hydrogen-bond donors (Lipinski definition) is 2. The molecule has 1 amide bonds. The second-order valence-electron chi connectivity index (χ2n) is 5.72. The van der Waals surface area contributed by atoms with Crippen LogP contribution in [-0.4, -0.2) is 19.1 Å². The Bertz CT molecular complexity index is 468. The number of nitrogens with one attached hydrogen (secondary N) is 1. The van der Waals surface area contributed by atoms with Crippen molar-refractivity contribution in [2.75, 3.05) is 12.8 Å². The largest absolute Gasteiger partial charge is 0.495 e. The van der Waals surface area contributed by atoms with Crippen LogP contribution in [0.25, 0.3) is 0 Å². The van der Waals surface area contributed by atoms with Crippen molar-refractivity contribution >= 4 is 11.6 Å². The van der Waals surface area contributed by atoms with Gasteiger partial charge in [-0.3, -0.25) is 4.79 Å². The van der Waals surface area contributed by atoms with Crippen LogP contribution in [0.5, 0.6) is 5.75 Å². The highest BCUT2D eigenvalue weighted by Gasteiger charge is 2.19. The number of anilines is 1. The average Bonchev–Trinajstić information content (AvgIpc) is 2.91. The molecule has 0 radical (unpaired) electrons. The van der Waals surface area contributed by atoms with E-state index in [1.165, 1.54) is 25.7 Å². The van der Waals surface area contributed by atoms with Crippen LogP contribution in [0.2, 0.25) is 0 Å². The van der Waals surface area contributed by atoms with E-state index in [2.05, 4.69) is 12.2 Å². The van der Waals surface area contributed by atoms with Gasteiger partial charge in [0.1, 0.15) is 5.75 Å². The Kier molecular flexibility index (Phi) is 4.88. The molecule has 0 heterocycles. The first-order valence-corrected chi connectivity index (χ1v) is 7.34. The Labute approximate surface area is 120 Å². The van der Waals surface area contributed by atoms with E-state index in [-0.39, 0.29) is 11.9 Å². The van der Waals surface area contributed by atoms with E-state index >= 15 is 0 Å². The molecule has 1 atom stereocenters. The molecule has 3 N–H and O–H groups in total. The van der Waals surface area contributed by atoms with Crippen molar-refractivity contribution in [2.24, 2.45) is 5.92 Å². The highest BCUT2D eigenvalue weighted by atomic mass is 16.5. The third-order valence-corrected chi connectivity index (χ3v) is 4.03. The zero-order chi connectivity index (χ0) is 14.5. The minimum absolute atomic E-state index is 0.0613. The fourth-order valence-electron chi connectivity index (χ4n) is 2.96. The molecule has 4 nitrogen and oxygen atoms in total. The van der Waals surface area contributed by atoms with Crippen molar-refractivity contribution in [1.29, 1.82) is 0 Å². The zero-order valence-corrected chi connectivity index (χ0v) is 12.3. The Morgan fingerprint density at radius 2 is 2.15 bits per heavy atom. The summed E-state index contributed by atoms with van der Waals surface area (Å²) in [7, 11) is 1.55. The summed E-state index contributed by atoms with van der Waals surface area (Å²) in [6.07, 6.45) is 6.34. The van der Waals surface area contributed by atoms with Crippen LogP contribution < -0.4 is 15.8 Å². The van der Waals surface area contributed by atoms with Gasteiger partial charge in [0, 0.05) is 11.6 Å². The molecule has 1 saturated carbocycles. The van der Waals surface area contributed by atoms with E-state index in [0.717, 1.165) is 12.3 Å². The minimum Gasteiger partial charge on any atom is -0.495 e. The Balaban J connectivity index is 1.93. The Hall–Kier alpha value is -1.71. The lowest BCUT2D eigenvalue weighted by Gasteiger charge is -2.18. The molecule has 1 aliphatic carbocycles. The molecule has 20 heavy (non-hydrogen) atoms. The molecule has 0 bridgehead atoms. The predicted molar refractivity (Wildman–Crippen MR) is 80.9 cm³/mol. The smallest absolute Gasteiger partial charge is 0.251 e. The minimum atomic E-state index is -0.0613. The highest BCUT2D eigenvalue weighted by Crippen LogP contribution is 2.28. The second kappa shape index (κ2) is 6.64. The lowest BCUT2D eigenvalue weighted by Crippen LogP contribution is -2.33. The van der Waals surface area contributed by atoms with Gasteiger partial charge in [-0.25, -0.2) is 0 Å². The third-order valence-electron chi connectivity index (χ3n) is 4.03. The van der Waals surface area contributed by atoms with Crippen molar-refractivity contribution in [3.63, 3.8) is 0 Å². The number of amides is 1. The third kappa shape index (κ3) is 3.65. The van der Waals surface area contributed by atoms with Crippen LogP contribution in [0.15, 0.2) is 18.2 Å². The van der Waals surface area contributed by atoms with Gasteiger partial charge >= 0.3 is 0 Å². The molecule has 1 fully saturated rings. The number of hydrogen-bond acceptors (Lipinski definition) is 3. The molecule has 1 aromatic rings. The number of rotatable bonds is 5. The highest BCUT2D eigenvalue weighted by molar-refractivity contribution is 5.95. The summed E-state index contributed by atoms with van der Waals surface area (Å²) < 4.78 is 5.14. The predicted octanol–water partition coefficient (Wildman–Crippen LogP) is 2.98. The van der Waals surface area contributed by atoms with Crippen molar-refractivity contribution in [3.05, 3.63) is 23.8 Å². The standard InChI is InChI=1S/C16H24N2O2/c1-11(9-12-5-3-4-6-12)18-16(19)13-7-8-14(17)15(10-13)20-2/h7-8,10-12H,3-6,9,17H2,1-2H3,(H,18,19). The van der Waals surface area contributed by atoms with Crippen molar-refractivity contribution in [2.45, 2.75) is 45.1 Å².